The molecule has 2 saturated carbocycles. The zero-order valence-electron chi connectivity index (χ0n) is 20.7. The molecule has 0 radical (unpaired) electrons. The Morgan fingerprint density at radius 2 is 1.72 bits per heavy atom. The Balaban J connectivity index is 1.13. The van der Waals surface area contributed by atoms with Crippen molar-refractivity contribution >= 4 is 62.6 Å². The maximum absolute atomic E-state index is 13.6. The van der Waals surface area contributed by atoms with Crippen LogP contribution in [0.3, 0.4) is 0 Å². The minimum absolute atomic E-state index is 0.135. The molecule has 1 N–H and O–H groups in total. The van der Waals surface area contributed by atoms with E-state index in [-0.39, 0.29) is 47.0 Å². The third-order valence-electron chi connectivity index (χ3n) is 8.12. The molecule has 7 nitrogen and oxygen atoms in total. The summed E-state index contributed by atoms with van der Waals surface area (Å²) in [6.45, 7) is -0.507. The molecule has 3 fully saturated rings. The fourth-order valence-corrected chi connectivity index (χ4v) is 6.98. The molecule has 0 aromatic heterocycles. The number of carbonyl (C=O) groups excluding carboxylic acids is 4. The number of halogens is 2. The molecule has 2 aliphatic carbocycles. The van der Waals surface area contributed by atoms with Gasteiger partial charge in [-0.2, -0.15) is 0 Å². The van der Waals surface area contributed by atoms with Crippen molar-refractivity contribution < 1.29 is 23.9 Å². The van der Waals surface area contributed by atoms with Gasteiger partial charge in [0, 0.05) is 10.2 Å². The Hall–Kier alpha value is -3.49. The van der Waals surface area contributed by atoms with E-state index in [0.717, 1.165) is 12.8 Å². The largest absolute Gasteiger partial charge is 0.452 e. The number of ether oxygens (including phenoxy) is 1. The summed E-state index contributed by atoms with van der Waals surface area (Å²) >= 11 is 9.33. The maximum Gasteiger partial charge on any atom is 0.338 e. The van der Waals surface area contributed by atoms with Crippen LogP contribution in [0.15, 0.2) is 77.3 Å². The van der Waals surface area contributed by atoms with E-state index in [1.807, 2.05) is 18.2 Å². The number of amides is 3. The summed E-state index contributed by atoms with van der Waals surface area (Å²) in [7, 11) is 0. The van der Waals surface area contributed by atoms with Crippen molar-refractivity contribution in [2.24, 2.45) is 23.7 Å². The number of esters is 1. The van der Waals surface area contributed by atoms with Crippen LogP contribution in [0.4, 0.5) is 11.4 Å². The molecule has 3 aromatic rings. The Labute approximate surface area is 238 Å². The van der Waals surface area contributed by atoms with Crippen molar-refractivity contribution in [3.8, 4) is 0 Å². The molecular weight excluding hydrogens is 584 g/mol. The summed E-state index contributed by atoms with van der Waals surface area (Å²) in [5.74, 6) is -1.71. The zero-order valence-corrected chi connectivity index (χ0v) is 23.0. The van der Waals surface area contributed by atoms with Gasteiger partial charge in [-0.25, -0.2) is 4.79 Å². The van der Waals surface area contributed by atoms with E-state index in [0.29, 0.717) is 20.9 Å². The number of nitrogens with one attached hydrogen (secondary N) is 1. The predicted octanol–water partition coefficient (Wildman–Crippen LogP) is 5.83. The lowest BCUT2D eigenvalue weighted by atomic mass is 9.73. The second kappa shape index (κ2) is 10.2. The quantitative estimate of drug-likeness (QED) is 0.281. The fourth-order valence-electron chi connectivity index (χ4n) is 6.55. The SMILES string of the molecule is O=C(COC(=O)c1cccc(N2C(=O)[C@@H]3[C@@H]4C[C@@H]([C@@H]3C2=O)[C@H](c2ccccc2)C4)c1)Nc1ccc(Br)c(Cl)c1. The fraction of sp³-hybridized carbons (Fsp3) is 0.267. The lowest BCUT2D eigenvalue weighted by Gasteiger charge is -2.28. The first kappa shape index (κ1) is 25.8. The van der Waals surface area contributed by atoms with Gasteiger partial charge < -0.3 is 10.1 Å². The van der Waals surface area contributed by atoms with E-state index in [9.17, 15) is 19.2 Å². The highest BCUT2D eigenvalue weighted by Crippen LogP contribution is 2.61. The van der Waals surface area contributed by atoms with Crippen LogP contribution in [-0.2, 0) is 19.1 Å². The van der Waals surface area contributed by atoms with Crippen molar-refractivity contribution in [2.75, 3.05) is 16.8 Å². The van der Waals surface area contributed by atoms with Gasteiger partial charge in [-0.3, -0.25) is 19.3 Å². The molecule has 3 amide bonds. The summed E-state index contributed by atoms with van der Waals surface area (Å²) in [6.07, 6.45) is 1.80. The van der Waals surface area contributed by atoms with Gasteiger partial charge in [0.1, 0.15) is 0 Å². The van der Waals surface area contributed by atoms with Crippen molar-refractivity contribution in [1.82, 2.24) is 0 Å². The molecule has 1 heterocycles. The highest BCUT2D eigenvalue weighted by atomic mass is 79.9. The Kier molecular flexibility index (Phi) is 6.77. The molecule has 0 spiro atoms. The smallest absolute Gasteiger partial charge is 0.338 e. The first-order valence-electron chi connectivity index (χ1n) is 12.8. The Morgan fingerprint density at radius 3 is 2.49 bits per heavy atom. The number of fused-ring (bicyclic) bond motifs is 5. The molecule has 6 rings (SSSR count). The second-order valence-electron chi connectivity index (χ2n) is 10.3. The van der Waals surface area contributed by atoms with Gasteiger partial charge in [-0.05, 0) is 88.5 Å². The molecule has 3 aliphatic rings. The topological polar surface area (TPSA) is 92.8 Å². The third-order valence-corrected chi connectivity index (χ3v) is 9.35. The van der Waals surface area contributed by atoms with Crippen LogP contribution in [0, 0.1) is 23.7 Å². The third kappa shape index (κ3) is 4.66. The summed E-state index contributed by atoms with van der Waals surface area (Å²) in [5, 5.41) is 3.05. The van der Waals surface area contributed by atoms with Crippen molar-refractivity contribution in [3.05, 3.63) is 93.4 Å². The average Bonchev–Trinajstić information content (AvgIpc) is 3.61. The highest BCUT2D eigenvalue weighted by Gasteiger charge is 2.64. The lowest BCUT2D eigenvalue weighted by molar-refractivity contribution is -0.123. The molecule has 5 atom stereocenters. The molecule has 1 aliphatic heterocycles. The Morgan fingerprint density at radius 1 is 0.949 bits per heavy atom. The normalized spacial score (nSPS) is 25.1. The first-order valence-corrected chi connectivity index (χ1v) is 13.9. The summed E-state index contributed by atoms with van der Waals surface area (Å²) in [4.78, 5) is 53.3. The Bertz CT molecular complexity index is 1500. The van der Waals surface area contributed by atoms with Crippen molar-refractivity contribution in [3.63, 3.8) is 0 Å². The number of nitrogens with zero attached hydrogens (tertiary/aromatic N) is 1. The van der Waals surface area contributed by atoms with E-state index in [4.69, 9.17) is 16.3 Å². The monoisotopic (exact) mass is 606 g/mol. The molecule has 39 heavy (non-hydrogen) atoms. The van der Waals surface area contributed by atoms with Gasteiger partial charge in [-0.15, -0.1) is 0 Å². The van der Waals surface area contributed by atoms with E-state index in [1.54, 1.807) is 30.3 Å². The van der Waals surface area contributed by atoms with Crippen molar-refractivity contribution in [1.29, 1.82) is 0 Å². The number of anilines is 2. The molecule has 2 bridgehead atoms. The van der Waals surface area contributed by atoms with E-state index in [1.165, 1.54) is 22.6 Å². The number of hydrogen-bond donors (Lipinski definition) is 1. The van der Waals surface area contributed by atoms with Crippen molar-refractivity contribution in [2.45, 2.75) is 18.8 Å². The van der Waals surface area contributed by atoms with Crippen LogP contribution in [0.25, 0.3) is 0 Å². The number of hydrogen-bond acceptors (Lipinski definition) is 5. The molecule has 198 valence electrons. The summed E-state index contributed by atoms with van der Waals surface area (Å²) < 4.78 is 5.88. The van der Waals surface area contributed by atoms with Gasteiger partial charge in [0.05, 0.1) is 28.1 Å². The molecular formula is C30H24BrClN2O5. The highest BCUT2D eigenvalue weighted by molar-refractivity contribution is 9.10. The summed E-state index contributed by atoms with van der Waals surface area (Å²) in [6, 6.07) is 21.4. The van der Waals surface area contributed by atoms with Gasteiger partial charge in [-0.1, -0.05) is 48.0 Å². The zero-order chi connectivity index (χ0) is 27.3. The predicted molar refractivity (Wildman–Crippen MR) is 149 cm³/mol. The van der Waals surface area contributed by atoms with Gasteiger partial charge >= 0.3 is 5.97 Å². The molecule has 9 heteroatoms. The van der Waals surface area contributed by atoms with E-state index in [2.05, 4.69) is 33.4 Å². The summed E-state index contributed by atoms with van der Waals surface area (Å²) in [5.41, 5.74) is 2.18. The van der Waals surface area contributed by atoms with Crippen LogP contribution in [0.1, 0.15) is 34.7 Å². The average molecular weight is 608 g/mol. The van der Waals surface area contributed by atoms with Crippen LogP contribution >= 0.6 is 27.5 Å². The van der Waals surface area contributed by atoms with Gasteiger partial charge in [0.25, 0.3) is 5.91 Å². The number of benzene rings is 3. The second-order valence-corrected chi connectivity index (χ2v) is 11.5. The number of rotatable bonds is 6. The van der Waals surface area contributed by atoms with E-state index >= 15 is 0 Å². The minimum Gasteiger partial charge on any atom is -0.452 e. The maximum atomic E-state index is 13.6. The van der Waals surface area contributed by atoms with Crippen LogP contribution in [0.5, 0.6) is 0 Å². The minimum atomic E-state index is -0.732. The van der Waals surface area contributed by atoms with Gasteiger partial charge in [0.2, 0.25) is 11.8 Å². The number of imide groups is 1. The molecule has 0 unspecified atom stereocenters. The van der Waals surface area contributed by atoms with Crippen LogP contribution in [-0.4, -0.2) is 30.3 Å². The first-order chi connectivity index (χ1) is 18.8. The standard InChI is InChI=1S/C30H24BrClN2O5/c31-23-10-9-19(14-24(23)32)33-25(35)15-39-30(38)17-7-4-8-20(11-17)34-28(36)26-18-12-21(16-5-2-1-3-6-16)22(13-18)27(26)29(34)37/h1-11,14,18,21-22,26-27H,12-13,15H2,(H,33,35)/t18-,21-,22+,26+,27-/m0/s1. The molecule has 1 saturated heterocycles. The molecule has 3 aromatic carbocycles. The van der Waals surface area contributed by atoms with Crippen LogP contribution < -0.4 is 10.2 Å². The number of carbonyl (C=O) groups is 4. The lowest BCUT2D eigenvalue weighted by Crippen LogP contribution is -2.33. The van der Waals surface area contributed by atoms with Gasteiger partial charge in [0.15, 0.2) is 6.61 Å². The van der Waals surface area contributed by atoms with Crippen LogP contribution in [0.2, 0.25) is 5.02 Å². The van der Waals surface area contributed by atoms with E-state index < -0.39 is 18.5 Å².